The molecule has 1 amide bonds. The molecule has 2 fully saturated rings. The smallest absolute Gasteiger partial charge is 0.295 e. The van der Waals surface area contributed by atoms with E-state index in [1.165, 1.54) is 0 Å². The number of likely N-dealkylation sites (tertiary alicyclic amines) is 1. The average Bonchev–Trinajstić information content (AvgIpc) is 3.25. The molecule has 8 heteroatoms. The van der Waals surface area contributed by atoms with Crippen molar-refractivity contribution in [2.45, 2.75) is 26.3 Å². The molecule has 0 saturated carbocycles. The minimum Gasteiger partial charge on any atom is -0.507 e. The molecule has 0 bridgehead atoms. The number of hydrogen-bond donors (Lipinski definition) is 1. The van der Waals surface area contributed by atoms with Crippen LogP contribution in [0.25, 0.3) is 5.76 Å². The summed E-state index contributed by atoms with van der Waals surface area (Å²) in [6, 6.07) is 21.3. The van der Waals surface area contributed by atoms with Crippen LogP contribution in [0.5, 0.6) is 17.2 Å². The number of hydrogen-bond acceptors (Lipinski definition) is 7. The van der Waals surface area contributed by atoms with Gasteiger partial charge in [-0.2, -0.15) is 0 Å². The van der Waals surface area contributed by atoms with Crippen molar-refractivity contribution >= 4 is 17.4 Å². The molecule has 3 aromatic rings. The van der Waals surface area contributed by atoms with E-state index in [9.17, 15) is 14.7 Å². The van der Waals surface area contributed by atoms with Crippen LogP contribution < -0.4 is 9.47 Å². The summed E-state index contributed by atoms with van der Waals surface area (Å²) in [7, 11) is 0. The fourth-order valence-corrected chi connectivity index (χ4v) is 5.23. The molecular weight excluding hydrogens is 520 g/mol. The van der Waals surface area contributed by atoms with Gasteiger partial charge in [-0.3, -0.25) is 14.5 Å². The Labute approximate surface area is 240 Å². The predicted molar refractivity (Wildman–Crippen MR) is 156 cm³/mol. The number of aliphatic hydroxyl groups is 1. The number of aliphatic hydroxyl groups excluding tert-OH is 1. The zero-order valence-corrected chi connectivity index (χ0v) is 23.5. The fraction of sp³-hybridized carbons (Fsp3) is 0.333. The summed E-state index contributed by atoms with van der Waals surface area (Å²) >= 11 is 0. The molecular formula is C33H36N2O6. The standard InChI is InChI=1S/C33H36N2O6/c1-3-18-40-28-13-12-25(21-23(28)2)31(36)29-30(24-8-7-11-27(22-24)41-26-9-5-4-6-10-26)35(33(38)32(29)37)15-14-34-16-19-39-20-17-34/h4-13,21-22,30,36H,3,14-20H2,1-2H3/t30-/m1/s1. The first-order valence-electron chi connectivity index (χ1n) is 14.1. The number of morpholine rings is 1. The lowest BCUT2D eigenvalue weighted by Gasteiger charge is -2.31. The van der Waals surface area contributed by atoms with Gasteiger partial charge >= 0.3 is 0 Å². The number of Topliss-reactive ketones (excluding diaryl/α,β-unsaturated/α-hetero) is 1. The van der Waals surface area contributed by atoms with Crippen molar-refractivity contribution < 1.29 is 28.9 Å². The van der Waals surface area contributed by atoms with E-state index in [1.807, 2.05) is 68.4 Å². The van der Waals surface area contributed by atoms with Crippen molar-refractivity contribution in [3.8, 4) is 17.2 Å². The maximum Gasteiger partial charge on any atom is 0.295 e. The number of nitrogens with zero attached hydrogens (tertiary/aromatic N) is 2. The Balaban J connectivity index is 1.53. The number of carbonyl (C=O) groups is 2. The van der Waals surface area contributed by atoms with Gasteiger partial charge in [0.05, 0.1) is 31.4 Å². The van der Waals surface area contributed by atoms with Gasteiger partial charge in [0, 0.05) is 31.7 Å². The maximum absolute atomic E-state index is 13.5. The molecule has 0 aliphatic carbocycles. The van der Waals surface area contributed by atoms with Gasteiger partial charge in [-0.05, 0) is 66.9 Å². The second-order valence-electron chi connectivity index (χ2n) is 10.3. The fourth-order valence-electron chi connectivity index (χ4n) is 5.23. The summed E-state index contributed by atoms with van der Waals surface area (Å²) in [5, 5.41) is 11.6. The Morgan fingerprint density at radius 3 is 2.44 bits per heavy atom. The summed E-state index contributed by atoms with van der Waals surface area (Å²) in [5.74, 6) is 0.428. The van der Waals surface area contributed by atoms with E-state index >= 15 is 0 Å². The highest BCUT2D eigenvalue weighted by molar-refractivity contribution is 6.46. The lowest BCUT2D eigenvalue weighted by Crippen LogP contribution is -2.42. The normalized spacial score (nSPS) is 19.0. The molecule has 0 radical (unpaired) electrons. The van der Waals surface area contributed by atoms with Crippen LogP contribution in [0.4, 0.5) is 0 Å². The van der Waals surface area contributed by atoms with E-state index in [0.29, 0.717) is 55.5 Å². The molecule has 2 aliphatic rings. The van der Waals surface area contributed by atoms with Gasteiger partial charge in [0.15, 0.2) is 0 Å². The molecule has 3 aromatic carbocycles. The third kappa shape index (κ3) is 6.45. The van der Waals surface area contributed by atoms with Crippen LogP contribution in [0.3, 0.4) is 0 Å². The predicted octanol–water partition coefficient (Wildman–Crippen LogP) is 5.33. The van der Waals surface area contributed by atoms with Crippen LogP contribution in [-0.2, 0) is 14.3 Å². The van der Waals surface area contributed by atoms with Crippen LogP contribution in [-0.4, -0.2) is 72.6 Å². The molecule has 0 spiro atoms. The number of carbonyl (C=O) groups excluding carboxylic acids is 2. The molecule has 2 aliphatic heterocycles. The summed E-state index contributed by atoms with van der Waals surface area (Å²) < 4.78 is 17.3. The number of ketones is 1. The van der Waals surface area contributed by atoms with Crippen LogP contribution in [0.2, 0.25) is 0 Å². The van der Waals surface area contributed by atoms with Gasteiger partial charge in [-0.1, -0.05) is 37.3 Å². The van der Waals surface area contributed by atoms with Gasteiger partial charge in [-0.15, -0.1) is 0 Å². The van der Waals surface area contributed by atoms with Crippen LogP contribution in [0.15, 0.2) is 78.4 Å². The minimum absolute atomic E-state index is 0.0652. The molecule has 2 saturated heterocycles. The number of aryl methyl sites for hydroxylation is 1. The van der Waals surface area contributed by atoms with Crippen molar-refractivity contribution in [3.63, 3.8) is 0 Å². The van der Waals surface area contributed by atoms with Crippen molar-refractivity contribution in [1.29, 1.82) is 0 Å². The first kappa shape index (κ1) is 28.4. The zero-order valence-electron chi connectivity index (χ0n) is 23.5. The molecule has 0 unspecified atom stereocenters. The van der Waals surface area contributed by atoms with Gasteiger partial charge in [0.25, 0.3) is 11.7 Å². The van der Waals surface area contributed by atoms with E-state index in [0.717, 1.165) is 30.8 Å². The number of rotatable bonds is 10. The van der Waals surface area contributed by atoms with E-state index in [1.54, 1.807) is 23.1 Å². The third-order valence-corrected chi connectivity index (χ3v) is 7.36. The summed E-state index contributed by atoms with van der Waals surface area (Å²) in [6.07, 6.45) is 0.877. The Kier molecular flexibility index (Phi) is 9.01. The number of para-hydroxylation sites is 1. The van der Waals surface area contributed by atoms with Crippen LogP contribution in [0.1, 0.15) is 36.1 Å². The average molecular weight is 557 g/mol. The Hall–Kier alpha value is -4.14. The molecule has 8 nitrogen and oxygen atoms in total. The second-order valence-corrected chi connectivity index (χ2v) is 10.3. The molecule has 1 N–H and O–H groups in total. The largest absolute Gasteiger partial charge is 0.507 e. The van der Waals surface area contributed by atoms with Crippen molar-refractivity contribution in [3.05, 3.63) is 95.1 Å². The van der Waals surface area contributed by atoms with Gasteiger partial charge in [0.1, 0.15) is 23.0 Å². The topological polar surface area (TPSA) is 88.5 Å². The van der Waals surface area contributed by atoms with Crippen LogP contribution >= 0.6 is 0 Å². The lowest BCUT2D eigenvalue weighted by atomic mass is 9.94. The molecule has 1 atom stereocenters. The third-order valence-electron chi connectivity index (χ3n) is 7.36. The Bertz CT molecular complexity index is 1410. The highest BCUT2D eigenvalue weighted by Crippen LogP contribution is 2.41. The van der Waals surface area contributed by atoms with Crippen molar-refractivity contribution in [1.82, 2.24) is 9.80 Å². The SMILES string of the molecule is CCCOc1ccc(C(O)=C2C(=O)C(=O)N(CCN3CCOCC3)[C@@H]2c2cccc(Oc3ccccc3)c2)cc1C. The first-order valence-corrected chi connectivity index (χ1v) is 14.1. The van der Waals surface area contributed by atoms with Gasteiger partial charge < -0.3 is 24.2 Å². The Morgan fingerprint density at radius 1 is 0.951 bits per heavy atom. The van der Waals surface area contributed by atoms with E-state index < -0.39 is 17.7 Å². The number of benzene rings is 3. The minimum atomic E-state index is -0.772. The van der Waals surface area contributed by atoms with E-state index in [-0.39, 0.29) is 11.3 Å². The highest BCUT2D eigenvalue weighted by Gasteiger charge is 2.46. The summed E-state index contributed by atoms with van der Waals surface area (Å²) in [4.78, 5) is 30.8. The van der Waals surface area contributed by atoms with Gasteiger partial charge in [0.2, 0.25) is 0 Å². The molecule has 214 valence electrons. The van der Waals surface area contributed by atoms with Crippen LogP contribution in [0, 0.1) is 6.92 Å². The molecule has 41 heavy (non-hydrogen) atoms. The lowest BCUT2D eigenvalue weighted by molar-refractivity contribution is -0.140. The first-order chi connectivity index (χ1) is 20.0. The number of ether oxygens (including phenoxy) is 3. The van der Waals surface area contributed by atoms with E-state index in [4.69, 9.17) is 14.2 Å². The number of amides is 1. The molecule has 0 aromatic heterocycles. The quantitative estimate of drug-likeness (QED) is 0.205. The maximum atomic E-state index is 13.5. The Morgan fingerprint density at radius 2 is 1.71 bits per heavy atom. The second kappa shape index (κ2) is 13.0. The van der Waals surface area contributed by atoms with E-state index in [2.05, 4.69) is 4.90 Å². The van der Waals surface area contributed by atoms with Crippen molar-refractivity contribution in [2.75, 3.05) is 46.0 Å². The zero-order chi connectivity index (χ0) is 28.8. The highest BCUT2D eigenvalue weighted by atomic mass is 16.5. The summed E-state index contributed by atoms with van der Waals surface area (Å²) in [6.45, 7) is 8.24. The summed E-state index contributed by atoms with van der Waals surface area (Å²) in [5.41, 5.74) is 2.04. The monoisotopic (exact) mass is 556 g/mol. The van der Waals surface area contributed by atoms with Crippen molar-refractivity contribution in [2.24, 2.45) is 0 Å². The molecule has 2 heterocycles. The molecule has 5 rings (SSSR count). The van der Waals surface area contributed by atoms with Gasteiger partial charge in [-0.25, -0.2) is 0 Å².